The van der Waals surface area contributed by atoms with Crippen molar-refractivity contribution in [1.29, 1.82) is 0 Å². The molecule has 1 saturated heterocycles. The third kappa shape index (κ3) is 3.79. The molecular weight excluding hydrogens is 428 g/mol. The lowest BCUT2D eigenvalue weighted by Gasteiger charge is -2.39. The number of likely N-dealkylation sites (tertiary alicyclic amines) is 1. The van der Waals surface area contributed by atoms with Crippen molar-refractivity contribution in [1.82, 2.24) is 29.9 Å². The number of aromatic amines is 1. The van der Waals surface area contributed by atoms with E-state index in [9.17, 15) is 4.79 Å². The third-order valence-corrected chi connectivity index (χ3v) is 6.78. The molecule has 34 heavy (non-hydrogen) atoms. The Hall–Kier alpha value is -4.14. The first-order chi connectivity index (χ1) is 16.8. The van der Waals surface area contributed by atoms with Crippen LogP contribution in [0.2, 0.25) is 0 Å². The van der Waals surface area contributed by atoms with Gasteiger partial charge >= 0.3 is 6.03 Å². The maximum atomic E-state index is 13.5. The zero-order valence-electron chi connectivity index (χ0n) is 18.8. The maximum absolute atomic E-state index is 13.5. The minimum Gasteiger partial charge on any atom is -0.364 e. The number of anilines is 2. The Labute approximate surface area is 197 Å². The minimum absolute atomic E-state index is 0.0929. The number of nitrogens with zero attached hydrogens (tertiary/aromatic N) is 7. The number of hydrogen-bond acceptors (Lipinski definition) is 5. The lowest BCUT2D eigenvalue weighted by Crippen LogP contribution is -2.49. The number of hydrogen-bond donors (Lipinski definition) is 1. The fourth-order valence-corrected chi connectivity index (χ4v) is 4.96. The summed E-state index contributed by atoms with van der Waals surface area (Å²) in [5.41, 5.74) is 5.44. The quantitative estimate of drug-likeness (QED) is 0.511. The Morgan fingerprint density at radius 1 is 1.03 bits per heavy atom. The fraction of sp³-hybridized carbons (Fsp3) is 0.280. The van der Waals surface area contributed by atoms with Gasteiger partial charge in [-0.1, -0.05) is 24.3 Å². The molecule has 2 aromatic heterocycles. The number of carbonyl (C=O) groups is 1. The van der Waals surface area contributed by atoms with Crippen LogP contribution in [0.1, 0.15) is 23.5 Å². The van der Waals surface area contributed by atoms with Gasteiger partial charge in [0, 0.05) is 44.8 Å². The monoisotopic (exact) mass is 454 g/mol. The average molecular weight is 455 g/mol. The van der Waals surface area contributed by atoms with E-state index in [4.69, 9.17) is 0 Å². The summed E-state index contributed by atoms with van der Waals surface area (Å²) in [6, 6.07) is 16.7. The van der Waals surface area contributed by atoms with Crippen molar-refractivity contribution in [2.75, 3.05) is 36.0 Å². The van der Waals surface area contributed by atoms with E-state index in [2.05, 4.69) is 61.6 Å². The van der Waals surface area contributed by atoms with E-state index in [1.807, 2.05) is 34.3 Å². The van der Waals surface area contributed by atoms with Gasteiger partial charge in [0.15, 0.2) is 0 Å². The zero-order chi connectivity index (χ0) is 22.9. The highest BCUT2D eigenvalue weighted by Crippen LogP contribution is 2.36. The summed E-state index contributed by atoms with van der Waals surface area (Å²) in [4.78, 5) is 23.8. The number of fused-ring (bicyclic) bond motifs is 1. The summed E-state index contributed by atoms with van der Waals surface area (Å²) in [6.07, 6.45) is 8.00. The van der Waals surface area contributed by atoms with Crippen LogP contribution in [-0.4, -0.2) is 62.1 Å². The van der Waals surface area contributed by atoms with Gasteiger partial charge in [-0.3, -0.25) is 10.00 Å². The first kappa shape index (κ1) is 20.5. The van der Waals surface area contributed by atoms with Gasteiger partial charge in [0.2, 0.25) is 0 Å². The molecule has 9 nitrogen and oxygen atoms in total. The number of aromatic nitrogens is 5. The van der Waals surface area contributed by atoms with Gasteiger partial charge in [-0.2, -0.15) is 10.2 Å². The van der Waals surface area contributed by atoms with Crippen molar-refractivity contribution >= 4 is 17.4 Å². The molecule has 2 aliphatic rings. The Bertz CT molecular complexity index is 1250. The van der Waals surface area contributed by atoms with Gasteiger partial charge in [-0.05, 0) is 41.8 Å². The predicted molar refractivity (Wildman–Crippen MR) is 129 cm³/mol. The minimum atomic E-state index is 0.0929. The molecule has 2 aromatic carbocycles. The Morgan fingerprint density at radius 3 is 2.65 bits per heavy atom. The van der Waals surface area contributed by atoms with Crippen LogP contribution in [0.25, 0.3) is 5.69 Å². The summed E-state index contributed by atoms with van der Waals surface area (Å²) in [7, 11) is 0. The highest BCUT2D eigenvalue weighted by atomic mass is 16.2. The molecule has 2 amide bonds. The topological polar surface area (TPSA) is 86.2 Å². The SMILES string of the molecule is O=C(N1CCC(c2cn[nH]c2)C1)N1CCN(Cc2ccc(-n3cncn3)cc2)c2ccccc21. The van der Waals surface area contributed by atoms with Crippen molar-refractivity contribution < 1.29 is 4.79 Å². The summed E-state index contributed by atoms with van der Waals surface area (Å²) >= 11 is 0. The van der Waals surface area contributed by atoms with Crippen LogP contribution in [0, 0.1) is 0 Å². The number of benzene rings is 2. The summed E-state index contributed by atoms with van der Waals surface area (Å²) < 4.78 is 1.75. The van der Waals surface area contributed by atoms with E-state index in [0.717, 1.165) is 49.7 Å². The molecule has 0 radical (unpaired) electrons. The number of urea groups is 1. The normalized spacial score (nSPS) is 17.8. The second kappa shape index (κ2) is 8.66. The van der Waals surface area contributed by atoms with Gasteiger partial charge in [0.05, 0.1) is 23.3 Å². The lowest BCUT2D eigenvalue weighted by atomic mass is 10.0. The van der Waals surface area contributed by atoms with E-state index in [1.165, 1.54) is 17.5 Å². The van der Waals surface area contributed by atoms with Gasteiger partial charge in [-0.25, -0.2) is 14.5 Å². The van der Waals surface area contributed by atoms with Crippen LogP contribution in [0.3, 0.4) is 0 Å². The molecule has 0 aliphatic carbocycles. The van der Waals surface area contributed by atoms with Crippen LogP contribution >= 0.6 is 0 Å². The molecular formula is C25H26N8O. The highest BCUT2D eigenvalue weighted by Gasteiger charge is 2.34. The number of amides is 2. The Morgan fingerprint density at radius 2 is 1.88 bits per heavy atom. The Kier molecular flexibility index (Phi) is 5.21. The van der Waals surface area contributed by atoms with Gasteiger partial charge < -0.3 is 9.80 Å². The summed E-state index contributed by atoms with van der Waals surface area (Å²) in [6.45, 7) is 3.74. The van der Waals surface area contributed by atoms with Crippen molar-refractivity contribution in [2.24, 2.45) is 0 Å². The first-order valence-electron chi connectivity index (χ1n) is 11.6. The molecule has 0 spiro atoms. The van der Waals surface area contributed by atoms with Crippen LogP contribution < -0.4 is 9.80 Å². The van der Waals surface area contributed by atoms with Crippen LogP contribution in [0.15, 0.2) is 73.6 Å². The second-order valence-corrected chi connectivity index (χ2v) is 8.81. The highest BCUT2D eigenvalue weighted by molar-refractivity contribution is 5.97. The molecule has 0 bridgehead atoms. The number of rotatable bonds is 4. The molecule has 1 N–H and O–H groups in total. The molecule has 4 aromatic rings. The Balaban J connectivity index is 1.18. The number of nitrogens with one attached hydrogen (secondary N) is 1. The van der Waals surface area contributed by atoms with E-state index in [-0.39, 0.29) is 6.03 Å². The van der Waals surface area contributed by atoms with Crippen LogP contribution in [0.5, 0.6) is 0 Å². The predicted octanol–water partition coefficient (Wildman–Crippen LogP) is 3.43. The van der Waals surface area contributed by atoms with Gasteiger partial charge in [0.1, 0.15) is 12.7 Å². The largest absolute Gasteiger partial charge is 0.364 e. The fourth-order valence-electron chi connectivity index (χ4n) is 4.96. The van der Waals surface area contributed by atoms with E-state index < -0.39 is 0 Å². The van der Waals surface area contributed by atoms with Crippen molar-refractivity contribution in [3.63, 3.8) is 0 Å². The van der Waals surface area contributed by atoms with Crippen molar-refractivity contribution in [2.45, 2.75) is 18.9 Å². The molecule has 172 valence electrons. The van der Waals surface area contributed by atoms with E-state index >= 15 is 0 Å². The van der Waals surface area contributed by atoms with Gasteiger partial charge in [-0.15, -0.1) is 0 Å². The molecule has 1 fully saturated rings. The maximum Gasteiger partial charge on any atom is 0.324 e. The average Bonchev–Trinajstić information content (AvgIpc) is 3.67. The standard InChI is InChI=1S/C25H26N8O/c34-25(31-10-9-20(16-31)21-13-27-28-14-21)32-12-11-30(23-3-1-2-4-24(23)32)15-19-5-7-22(8-6-19)33-18-26-17-29-33/h1-8,13-14,17-18,20H,9-12,15-16H2,(H,27,28). The first-order valence-corrected chi connectivity index (χ1v) is 11.6. The zero-order valence-corrected chi connectivity index (χ0v) is 18.8. The lowest BCUT2D eigenvalue weighted by molar-refractivity contribution is 0.214. The molecule has 2 aliphatic heterocycles. The molecule has 1 unspecified atom stereocenters. The number of para-hydroxylation sites is 2. The number of carbonyl (C=O) groups excluding carboxylic acids is 1. The number of H-pyrrole nitrogens is 1. The van der Waals surface area contributed by atoms with E-state index in [0.29, 0.717) is 12.5 Å². The van der Waals surface area contributed by atoms with E-state index in [1.54, 1.807) is 11.0 Å². The molecule has 6 rings (SSSR count). The smallest absolute Gasteiger partial charge is 0.324 e. The molecule has 0 saturated carbocycles. The summed E-state index contributed by atoms with van der Waals surface area (Å²) in [5, 5.41) is 11.1. The second-order valence-electron chi connectivity index (χ2n) is 8.81. The molecule has 9 heteroatoms. The van der Waals surface area contributed by atoms with Gasteiger partial charge in [0.25, 0.3) is 0 Å². The molecule has 1 atom stereocenters. The third-order valence-electron chi connectivity index (χ3n) is 6.78. The van der Waals surface area contributed by atoms with Crippen LogP contribution in [0.4, 0.5) is 16.2 Å². The molecule has 4 heterocycles. The van der Waals surface area contributed by atoms with Crippen molar-refractivity contribution in [3.05, 3.63) is 84.7 Å². The van der Waals surface area contributed by atoms with Crippen LogP contribution in [-0.2, 0) is 6.54 Å². The summed E-state index contributed by atoms with van der Waals surface area (Å²) in [5.74, 6) is 0.347. The van der Waals surface area contributed by atoms with Crippen molar-refractivity contribution in [3.8, 4) is 5.69 Å².